The zero-order valence-corrected chi connectivity index (χ0v) is 37.9. The monoisotopic (exact) mass is 856 g/mol. The summed E-state index contributed by atoms with van der Waals surface area (Å²) < 4.78 is 0. The molecule has 0 bridgehead atoms. The summed E-state index contributed by atoms with van der Waals surface area (Å²) in [5, 5.41) is 0. The Morgan fingerprint density at radius 2 is 0.896 bits per heavy atom. The van der Waals surface area contributed by atoms with E-state index >= 15 is 0 Å². The van der Waals surface area contributed by atoms with E-state index < -0.39 is 5.41 Å². The maximum Gasteiger partial charge on any atom is 0.0755 e. The molecule has 1 unspecified atom stereocenters. The minimum Gasteiger partial charge on any atom is -0.310 e. The Bertz CT molecular complexity index is 3550. The standard InChI is InChI=1S/C65H48N2/c1-43-18-16-29-58-63(43)67(48-21-8-5-9-22-48)60-30-15-14-27-56(60)65(58)55-26-13-11-24-53(55)62-57(65)28-17-31-61(62)66(49-37-32-45(33-38-49)44-19-6-4-7-20-44)50-39-34-46(35-40-50)47-36-41-52-51-23-10-12-25-54(51)64(2,3)59(52)42-47/h4-42H,1-3H3. The van der Waals surface area contributed by atoms with Crippen LogP contribution >= 0.6 is 0 Å². The van der Waals surface area contributed by atoms with Gasteiger partial charge in [0.25, 0.3) is 0 Å². The van der Waals surface area contributed by atoms with E-state index in [4.69, 9.17) is 0 Å². The van der Waals surface area contributed by atoms with E-state index in [1.807, 2.05) is 0 Å². The second-order valence-electron chi connectivity index (χ2n) is 18.9. The molecule has 10 aromatic rings. The minimum absolute atomic E-state index is 0.0657. The molecular formula is C65H48N2. The second-order valence-corrected chi connectivity index (χ2v) is 18.9. The highest BCUT2D eigenvalue weighted by Gasteiger charge is 2.53. The molecule has 0 saturated heterocycles. The average Bonchev–Trinajstić information content (AvgIpc) is 3.81. The zero-order chi connectivity index (χ0) is 44.9. The SMILES string of the molecule is Cc1cccc2c1N(c1ccccc1)c1ccccc1C21c2ccccc2-c2c(N(c3ccc(-c4ccccc4)cc3)c3ccc(-c4ccc5c(c4)C(C)(C)c4ccccc4-5)cc3)cccc21. The minimum atomic E-state index is -0.571. The van der Waals surface area contributed by atoms with Crippen molar-refractivity contribution >= 4 is 34.1 Å². The molecule has 67 heavy (non-hydrogen) atoms. The molecule has 2 heteroatoms. The normalized spacial score (nSPS) is 15.5. The summed E-state index contributed by atoms with van der Waals surface area (Å²) in [4.78, 5) is 4.97. The van der Waals surface area contributed by atoms with Crippen molar-refractivity contribution in [2.75, 3.05) is 9.80 Å². The molecule has 0 fully saturated rings. The lowest BCUT2D eigenvalue weighted by atomic mass is 9.64. The van der Waals surface area contributed by atoms with Crippen molar-refractivity contribution in [3.05, 3.63) is 276 Å². The van der Waals surface area contributed by atoms with Crippen LogP contribution in [0.5, 0.6) is 0 Å². The van der Waals surface area contributed by atoms with Gasteiger partial charge in [-0.15, -0.1) is 0 Å². The number of hydrogen-bond donors (Lipinski definition) is 0. The third-order valence-corrected chi connectivity index (χ3v) is 15.0. The molecule has 318 valence electrons. The van der Waals surface area contributed by atoms with Crippen LogP contribution in [0.2, 0.25) is 0 Å². The van der Waals surface area contributed by atoms with Crippen LogP contribution in [0.25, 0.3) is 44.5 Å². The lowest BCUT2D eigenvalue weighted by Crippen LogP contribution is -2.36. The maximum absolute atomic E-state index is 2.48. The fraction of sp³-hybridized carbons (Fsp3) is 0.0769. The van der Waals surface area contributed by atoms with Crippen LogP contribution in [-0.2, 0) is 10.8 Å². The molecule has 2 aliphatic carbocycles. The number of hydrogen-bond acceptors (Lipinski definition) is 2. The number of rotatable bonds is 6. The van der Waals surface area contributed by atoms with Crippen molar-refractivity contribution in [2.24, 2.45) is 0 Å². The molecule has 3 aliphatic rings. The molecule has 0 N–H and O–H groups in total. The highest BCUT2D eigenvalue weighted by Crippen LogP contribution is 2.65. The zero-order valence-electron chi connectivity index (χ0n) is 37.9. The first-order valence-electron chi connectivity index (χ1n) is 23.5. The Morgan fingerprint density at radius 1 is 0.373 bits per heavy atom. The average molecular weight is 857 g/mol. The predicted octanol–water partition coefficient (Wildman–Crippen LogP) is 17.3. The molecule has 2 nitrogen and oxygen atoms in total. The molecular weight excluding hydrogens is 809 g/mol. The molecule has 10 aromatic carbocycles. The summed E-state index contributed by atoms with van der Waals surface area (Å²) >= 11 is 0. The van der Waals surface area contributed by atoms with Gasteiger partial charge in [-0.05, 0) is 139 Å². The Hall–Kier alpha value is -8.20. The first-order valence-corrected chi connectivity index (χ1v) is 23.5. The van der Waals surface area contributed by atoms with Crippen LogP contribution in [0.4, 0.5) is 34.1 Å². The van der Waals surface area contributed by atoms with Gasteiger partial charge in [-0.25, -0.2) is 0 Å². The van der Waals surface area contributed by atoms with Crippen molar-refractivity contribution in [3.8, 4) is 44.5 Å². The van der Waals surface area contributed by atoms with E-state index in [9.17, 15) is 0 Å². The summed E-state index contributed by atoms with van der Waals surface area (Å²) in [6.45, 7) is 6.98. The van der Waals surface area contributed by atoms with Gasteiger partial charge >= 0.3 is 0 Å². The third kappa shape index (κ3) is 5.69. The van der Waals surface area contributed by atoms with Crippen LogP contribution in [-0.4, -0.2) is 0 Å². The number of anilines is 6. The van der Waals surface area contributed by atoms with Gasteiger partial charge in [-0.2, -0.15) is 0 Å². The highest BCUT2D eigenvalue weighted by atomic mass is 15.2. The van der Waals surface area contributed by atoms with Crippen LogP contribution in [0, 0.1) is 6.92 Å². The Kier molecular flexibility index (Phi) is 8.73. The molecule has 1 aliphatic heterocycles. The van der Waals surface area contributed by atoms with Crippen molar-refractivity contribution < 1.29 is 0 Å². The van der Waals surface area contributed by atoms with E-state index in [1.54, 1.807) is 0 Å². The highest BCUT2D eigenvalue weighted by molar-refractivity contribution is 6.02. The Labute approximate surface area is 393 Å². The smallest absolute Gasteiger partial charge is 0.0755 e. The largest absolute Gasteiger partial charge is 0.310 e. The lowest BCUT2D eigenvalue weighted by molar-refractivity contribution is 0.660. The molecule has 1 heterocycles. The number of benzene rings is 10. The van der Waals surface area contributed by atoms with Crippen LogP contribution in [0.15, 0.2) is 237 Å². The summed E-state index contributed by atoms with van der Waals surface area (Å²) in [7, 11) is 0. The fourth-order valence-electron chi connectivity index (χ4n) is 12.0. The van der Waals surface area contributed by atoms with Crippen LogP contribution < -0.4 is 9.80 Å². The van der Waals surface area contributed by atoms with Gasteiger partial charge in [0, 0.05) is 28.0 Å². The molecule has 1 spiro atoms. The van der Waals surface area contributed by atoms with E-state index in [2.05, 4.69) is 267 Å². The molecule has 1 atom stereocenters. The van der Waals surface area contributed by atoms with Crippen molar-refractivity contribution in [1.29, 1.82) is 0 Å². The topological polar surface area (TPSA) is 6.48 Å². The first-order chi connectivity index (χ1) is 32.9. The van der Waals surface area contributed by atoms with E-state index in [0.717, 1.165) is 22.7 Å². The van der Waals surface area contributed by atoms with E-state index in [0.29, 0.717) is 0 Å². The van der Waals surface area contributed by atoms with Gasteiger partial charge in [0.05, 0.1) is 22.5 Å². The molecule has 13 rings (SSSR count). The van der Waals surface area contributed by atoms with Crippen LogP contribution in [0.3, 0.4) is 0 Å². The van der Waals surface area contributed by atoms with Gasteiger partial charge in [-0.3, -0.25) is 0 Å². The number of fused-ring (bicyclic) bond motifs is 12. The van der Waals surface area contributed by atoms with E-state index in [-0.39, 0.29) is 5.41 Å². The van der Waals surface area contributed by atoms with Gasteiger partial charge < -0.3 is 9.80 Å². The maximum atomic E-state index is 2.48. The summed E-state index contributed by atoms with van der Waals surface area (Å²) in [6.07, 6.45) is 0. The van der Waals surface area contributed by atoms with Crippen molar-refractivity contribution in [3.63, 3.8) is 0 Å². The Balaban J connectivity index is 1.01. The third-order valence-electron chi connectivity index (χ3n) is 15.0. The van der Waals surface area contributed by atoms with Crippen molar-refractivity contribution in [2.45, 2.75) is 31.6 Å². The Morgan fingerprint density at radius 3 is 1.63 bits per heavy atom. The van der Waals surface area contributed by atoms with Gasteiger partial charge in [0.2, 0.25) is 0 Å². The van der Waals surface area contributed by atoms with Crippen LogP contribution in [0.1, 0.15) is 52.8 Å². The van der Waals surface area contributed by atoms with E-state index in [1.165, 1.54) is 94.8 Å². The molecule has 0 saturated carbocycles. The summed E-state index contributed by atoms with van der Waals surface area (Å²) in [6, 6.07) is 88.0. The van der Waals surface area contributed by atoms with Gasteiger partial charge in [0.15, 0.2) is 0 Å². The van der Waals surface area contributed by atoms with Gasteiger partial charge in [-0.1, -0.05) is 196 Å². The molecule has 0 aromatic heterocycles. The number of nitrogens with zero attached hydrogens (tertiary/aromatic N) is 2. The molecule has 0 amide bonds. The molecule has 0 radical (unpaired) electrons. The lowest BCUT2D eigenvalue weighted by Gasteiger charge is -2.45. The van der Waals surface area contributed by atoms with Gasteiger partial charge in [0.1, 0.15) is 0 Å². The quantitative estimate of drug-likeness (QED) is 0.164. The fourth-order valence-corrected chi connectivity index (χ4v) is 12.0. The number of aryl methyl sites for hydroxylation is 1. The first kappa shape index (κ1) is 39.2. The summed E-state index contributed by atoms with van der Waals surface area (Å²) in [5.41, 5.74) is 25.6. The summed E-state index contributed by atoms with van der Waals surface area (Å²) in [5.74, 6) is 0. The number of para-hydroxylation sites is 3. The van der Waals surface area contributed by atoms with Crippen molar-refractivity contribution in [1.82, 2.24) is 0 Å². The second kappa shape index (κ2) is 14.9. The predicted molar refractivity (Wildman–Crippen MR) is 280 cm³/mol.